The minimum atomic E-state index is -1.09. The summed E-state index contributed by atoms with van der Waals surface area (Å²) in [6.07, 6.45) is 5.45. The lowest BCUT2D eigenvalue weighted by molar-refractivity contribution is -0.189. The summed E-state index contributed by atoms with van der Waals surface area (Å²) < 4.78 is 60.1. The zero-order valence-corrected chi connectivity index (χ0v) is 19.5. The van der Waals surface area contributed by atoms with E-state index in [-0.39, 0.29) is 35.8 Å². The number of allylic oxidation sites excluding steroid dienone is 2. The number of ether oxygens (including phenoxy) is 3. The maximum Gasteiger partial charge on any atom is 0.201 e. The summed E-state index contributed by atoms with van der Waals surface area (Å²) in [5.74, 6) is -2.85. The third-order valence-corrected chi connectivity index (χ3v) is 6.03. The highest BCUT2D eigenvalue weighted by Crippen LogP contribution is 2.33. The monoisotopic (exact) mass is 478 g/mol. The molecular weight excluding hydrogens is 452 g/mol. The van der Waals surface area contributed by atoms with E-state index in [4.69, 9.17) is 22.1 Å². The molecule has 0 spiro atoms. The molecule has 1 heterocycles. The highest BCUT2D eigenvalue weighted by molar-refractivity contribution is 6.08. The Morgan fingerprint density at radius 3 is 2.26 bits per heavy atom. The van der Waals surface area contributed by atoms with Crippen LogP contribution < -0.4 is 4.74 Å². The molecule has 1 aliphatic rings. The van der Waals surface area contributed by atoms with Crippen LogP contribution in [0.5, 0.6) is 5.75 Å². The maximum absolute atomic E-state index is 15.0. The maximum atomic E-state index is 15.0. The molecule has 0 N–H and O–H groups in total. The normalized spacial score (nSPS) is 18.2. The van der Waals surface area contributed by atoms with E-state index in [2.05, 4.69) is 6.08 Å². The van der Waals surface area contributed by atoms with Gasteiger partial charge in [0.25, 0.3) is 0 Å². The Morgan fingerprint density at radius 1 is 0.914 bits per heavy atom. The lowest BCUT2D eigenvalue weighted by atomic mass is 9.95. The number of benzene rings is 3. The van der Waals surface area contributed by atoms with Crippen molar-refractivity contribution >= 4 is 7.85 Å². The Morgan fingerprint density at radius 2 is 1.60 bits per heavy atom. The second kappa shape index (κ2) is 11.6. The Bertz CT molecular complexity index is 1170. The summed E-state index contributed by atoms with van der Waals surface area (Å²) in [6, 6.07) is 14.7. The van der Waals surface area contributed by atoms with Gasteiger partial charge in [-0.15, -0.1) is 0 Å². The molecule has 1 fully saturated rings. The lowest BCUT2D eigenvalue weighted by Crippen LogP contribution is -2.31. The van der Waals surface area contributed by atoms with Crippen molar-refractivity contribution in [2.24, 2.45) is 0 Å². The molecule has 0 unspecified atom stereocenters. The van der Waals surface area contributed by atoms with Crippen molar-refractivity contribution in [2.75, 3.05) is 19.7 Å². The van der Waals surface area contributed by atoms with E-state index in [1.165, 1.54) is 18.2 Å². The van der Waals surface area contributed by atoms with Crippen LogP contribution in [0.4, 0.5) is 13.2 Å². The molecule has 0 aliphatic carbocycles. The molecule has 0 bridgehead atoms. The van der Waals surface area contributed by atoms with Crippen LogP contribution in [0, 0.1) is 17.5 Å². The quantitative estimate of drug-likeness (QED) is 0.265. The van der Waals surface area contributed by atoms with E-state index in [9.17, 15) is 13.2 Å². The zero-order chi connectivity index (χ0) is 24.8. The second-order valence-electron chi connectivity index (χ2n) is 8.30. The first kappa shape index (κ1) is 25.1. The standard InChI is InChI=1S/C28H26BF3O3/c1-2-3-4-5-26-33-15-21(16-34-26)22-11-10-20(14-24(22)30)18-6-8-19(9-7-18)23-12-13-25(35-17-29)28(32)27(23)31/h2-3,6-14,21,26H,4-5,15-17H2,1H3/b3-2+. The summed E-state index contributed by atoms with van der Waals surface area (Å²) >= 11 is 0. The van der Waals surface area contributed by atoms with Crippen molar-refractivity contribution in [1.29, 1.82) is 0 Å². The van der Waals surface area contributed by atoms with Gasteiger partial charge in [0.2, 0.25) is 5.82 Å². The van der Waals surface area contributed by atoms with Crippen LogP contribution in [-0.4, -0.2) is 33.9 Å². The van der Waals surface area contributed by atoms with Gasteiger partial charge in [0.05, 0.1) is 13.2 Å². The van der Waals surface area contributed by atoms with Gasteiger partial charge in [0.1, 0.15) is 13.7 Å². The van der Waals surface area contributed by atoms with E-state index in [0.717, 1.165) is 18.4 Å². The molecule has 0 amide bonds. The fourth-order valence-corrected chi connectivity index (χ4v) is 4.12. The Hall–Kier alpha value is -3.03. The molecule has 0 aromatic heterocycles. The molecule has 1 saturated heterocycles. The predicted octanol–water partition coefficient (Wildman–Crippen LogP) is 6.76. The van der Waals surface area contributed by atoms with Crippen molar-refractivity contribution in [3.8, 4) is 28.0 Å². The first-order valence-electron chi connectivity index (χ1n) is 11.6. The number of hydrogen-bond acceptors (Lipinski definition) is 3. The summed E-state index contributed by atoms with van der Waals surface area (Å²) in [4.78, 5) is 0. The molecule has 0 atom stereocenters. The summed E-state index contributed by atoms with van der Waals surface area (Å²) in [5.41, 5.74) is 2.57. The van der Waals surface area contributed by atoms with Crippen LogP contribution in [0.15, 0.2) is 66.7 Å². The van der Waals surface area contributed by atoms with E-state index in [0.29, 0.717) is 29.9 Å². The van der Waals surface area contributed by atoms with Crippen molar-refractivity contribution < 1.29 is 27.4 Å². The predicted molar refractivity (Wildman–Crippen MR) is 131 cm³/mol. The van der Waals surface area contributed by atoms with Crippen molar-refractivity contribution in [2.45, 2.75) is 32.0 Å². The van der Waals surface area contributed by atoms with Crippen LogP contribution in [0.25, 0.3) is 22.3 Å². The summed E-state index contributed by atoms with van der Waals surface area (Å²) in [6.45, 7) is 2.53. The largest absolute Gasteiger partial charge is 0.500 e. The highest BCUT2D eigenvalue weighted by atomic mass is 19.2. The van der Waals surface area contributed by atoms with E-state index in [1.54, 1.807) is 30.3 Å². The zero-order valence-electron chi connectivity index (χ0n) is 19.5. The van der Waals surface area contributed by atoms with Crippen LogP contribution >= 0.6 is 0 Å². The molecule has 180 valence electrons. The van der Waals surface area contributed by atoms with Gasteiger partial charge in [-0.1, -0.05) is 48.6 Å². The Kier molecular flexibility index (Phi) is 8.31. The molecule has 0 saturated carbocycles. The molecule has 35 heavy (non-hydrogen) atoms. The fourth-order valence-electron chi connectivity index (χ4n) is 4.12. The van der Waals surface area contributed by atoms with Gasteiger partial charge in [0, 0.05) is 24.4 Å². The van der Waals surface area contributed by atoms with Crippen molar-refractivity contribution in [1.82, 2.24) is 0 Å². The third kappa shape index (κ3) is 5.80. The summed E-state index contributed by atoms with van der Waals surface area (Å²) in [5, 5.41) is 0. The molecular formula is C28H26BF3O3. The van der Waals surface area contributed by atoms with Gasteiger partial charge in [-0.25, -0.2) is 8.78 Å². The minimum absolute atomic E-state index is 0.0984. The van der Waals surface area contributed by atoms with Gasteiger partial charge in [-0.3, -0.25) is 0 Å². The van der Waals surface area contributed by atoms with Crippen LogP contribution in [0.2, 0.25) is 0 Å². The Labute approximate surface area is 204 Å². The van der Waals surface area contributed by atoms with E-state index >= 15 is 0 Å². The SMILES string of the molecule is [B]COc1ccc(-c2ccc(-c3ccc(C4COC(CC/C=C/C)OC4)c(F)c3)cc2)c(F)c1F. The molecule has 3 aromatic rings. The smallest absolute Gasteiger partial charge is 0.201 e. The molecule has 7 heteroatoms. The van der Waals surface area contributed by atoms with Gasteiger partial charge in [-0.2, -0.15) is 4.39 Å². The van der Waals surface area contributed by atoms with Crippen LogP contribution in [0.1, 0.15) is 31.2 Å². The molecule has 3 aromatic carbocycles. The van der Waals surface area contributed by atoms with Gasteiger partial charge in [0.15, 0.2) is 17.9 Å². The topological polar surface area (TPSA) is 27.7 Å². The van der Waals surface area contributed by atoms with E-state index in [1.807, 2.05) is 19.1 Å². The number of hydrogen-bond donors (Lipinski definition) is 0. The minimum Gasteiger partial charge on any atom is -0.500 e. The first-order valence-corrected chi connectivity index (χ1v) is 11.6. The lowest BCUT2D eigenvalue weighted by Gasteiger charge is -2.29. The van der Waals surface area contributed by atoms with E-state index < -0.39 is 11.6 Å². The highest BCUT2D eigenvalue weighted by Gasteiger charge is 2.25. The van der Waals surface area contributed by atoms with Gasteiger partial charge < -0.3 is 14.2 Å². The van der Waals surface area contributed by atoms with Crippen LogP contribution in [-0.2, 0) is 9.47 Å². The Balaban J connectivity index is 1.45. The molecule has 3 nitrogen and oxygen atoms in total. The first-order chi connectivity index (χ1) is 17.0. The van der Waals surface area contributed by atoms with Crippen molar-refractivity contribution in [3.05, 3.63) is 89.8 Å². The average molecular weight is 478 g/mol. The number of halogens is 3. The molecule has 4 rings (SSSR count). The summed E-state index contributed by atoms with van der Waals surface area (Å²) in [7, 11) is 5.24. The van der Waals surface area contributed by atoms with Crippen molar-refractivity contribution in [3.63, 3.8) is 0 Å². The number of rotatable bonds is 8. The van der Waals surface area contributed by atoms with Gasteiger partial charge in [-0.05, 0) is 53.8 Å². The second-order valence-corrected chi connectivity index (χ2v) is 8.30. The average Bonchev–Trinajstić information content (AvgIpc) is 2.88. The van der Waals surface area contributed by atoms with Crippen LogP contribution in [0.3, 0.4) is 0 Å². The van der Waals surface area contributed by atoms with Gasteiger partial charge >= 0.3 is 0 Å². The molecule has 2 radical (unpaired) electrons. The fraction of sp³-hybridized carbons (Fsp3) is 0.286. The molecule has 1 aliphatic heterocycles. The third-order valence-electron chi connectivity index (χ3n) is 6.03.